The summed E-state index contributed by atoms with van der Waals surface area (Å²) in [5.74, 6) is 0.119. The third kappa shape index (κ3) is 6.06. The van der Waals surface area contributed by atoms with Gasteiger partial charge in [0.25, 0.3) is 0 Å². The Bertz CT molecular complexity index is 444. The lowest BCUT2D eigenvalue weighted by atomic mass is 10.1. The van der Waals surface area contributed by atoms with Crippen molar-refractivity contribution in [3.05, 3.63) is 34.9 Å². The summed E-state index contributed by atoms with van der Waals surface area (Å²) in [7, 11) is 0. The third-order valence-electron chi connectivity index (χ3n) is 4.00. The SMILES string of the molecule is O=C(CCc1ccccc1Cl)NCCCN1CCCCC1. The minimum Gasteiger partial charge on any atom is -0.356 e. The number of benzene rings is 1. The lowest BCUT2D eigenvalue weighted by Crippen LogP contribution is -2.33. The molecular weight excluding hydrogens is 284 g/mol. The van der Waals surface area contributed by atoms with Gasteiger partial charge in [-0.05, 0) is 56.9 Å². The van der Waals surface area contributed by atoms with Crippen LogP contribution >= 0.6 is 11.6 Å². The Balaban J connectivity index is 1.56. The predicted molar refractivity (Wildman–Crippen MR) is 87.7 cm³/mol. The number of piperidine rings is 1. The fraction of sp³-hybridized carbons (Fsp3) is 0.588. The van der Waals surface area contributed by atoms with E-state index < -0.39 is 0 Å². The zero-order chi connectivity index (χ0) is 14.9. The van der Waals surface area contributed by atoms with E-state index in [1.54, 1.807) is 0 Å². The summed E-state index contributed by atoms with van der Waals surface area (Å²) in [6, 6.07) is 7.71. The van der Waals surface area contributed by atoms with Crippen LogP contribution in [-0.4, -0.2) is 37.0 Å². The molecule has 0 bridgehead atoms. The lowest BCUT2D eigenvalue weighted by molar-refractivity contribution is -0.121. The molecule has 0 unspecified atom stereocenters. The predicted octanol–water partition coefficient (Wildman–Crippen LogP) is 3.26. The van der Waals surface area contributed by atoms with E-state index in [9.17, 15) is 4.79 Å². The number of carbonyl (C=O) groups is 1. The number of aryl methyl sites for hydroxylation is 1. The van der Waals surface area contributed by atoms with Gasteiger partial charge in [-0.15, -0.1) is 0 Å². The van der Waals surface area contributed by atoms with Gasteiger partial charge in [0, 0.05) is 18.0 Å². The van der Waals surface area contributed by atoms with Gasteiger partial charge in [-0.3, -0.25) is 4.79 Å². The van der Waals surface area contributed by atoms with Crippen LogP contribution in [0.1, 0.15) is 37.7 Å². The first-order chi connectivity index (χ1) is 10.3. The van der Waals surface area contributed by atoms with E-state index >= 15 is 0 Å². The molecule has 3 nitrogen and oxygen atoms in total. The zero-order valence-corrected chi connectivity index (χ0v) is 13.4. The number of nitrogens with one attached hydrogen (secondary N) is 1. The molecule has 2 rings (SSSR count). The molecule has 1 aromatic rings. The second kappa shape index (κ2) is 9.06. The highest BCUT2D eigenvalue weighted by atomic mass is 35.5. The average molecular weight is 309 g/mol. The van der Waals surface area contributed by atoms with Crippen LogP contribution in [0.5, 0.6) is 0 Å². The molecule has 1 saturated heterocycles. The van der Waals surface area contributed by atoms with Crippen molar-refractivity contribution in [2.75, 3.05) is 26.2 Å². The van der Waals surface area contributed by atoms with Gasteiger partial charge < -0.3 is 10.2 Å². The van der Waals surface area contributed by atoms with Crippen molar-refractivity contribution in [3.8, 4) is 0 Å². The summed E-state index contributed by atoms with van der Waals surface area (Å²) in [6.07, 6.45) is 6.27. The number of carbonyl (C=O) groups excluding carboxylic acids is 1. The first-order valence-corrected chi connectivity index (χ1v) is 8.36. The van der Waals surface area contributed by atoms with E-state index in [0.29, 0.717) is 12.8 Å². The number of hydrogen-bond acceptors (Lipinski definition) is 2. The average Bonchev–Trinajstić information content (AvgIpc) is 2.52. The molecule has 116 valence electrons. The minimum absolute atomic E-state index is 0.119. The summed E-state index contributed by atoms with van der Waals surface area (Å²) in [5.41, 5.74) is 1.04. The minimum atomic E-state index is 0.119. The van der Waals surface area contributed by atoms with E-state index in [4.69, 9.17) is 11.6 Å². The molecule has 1 heterocycles. The monoisotopic (exact) mass is 308 g/mol. The van der Waals surface area contributed by atoms with Crippen LogP contribution in [0.15, 0.2) is 24.3 Å². The summed E-state index contributed by atoms with van der Waals surface area (Å²) >= 11 is 6.08. The van der Waals surface area contributed by atoms with Gasteiger partial charge in [0.05, 0.1) is 0 Å². The van der Waals surface area contributed by atoms with Crippen molar-refractivity contribution in [3.63, 3.8) is 0 Å². The zero-order valence-electron chi connectivity index (χ0n) is 12.6. The number of nitrogens with zero attached hydrogens (tertiary/aromatic N) is 1. The van der Waals surface area contributed by atoms with Gasteiger partial charge in [0.15, 0.2) is 0 Å². The molecule has 4 heteroatoms. The standard InChI is InChI=1S/C17H25ClN2O/c18-16-8-3-2-7-15(16)9-10-17(21)19-11-6-14-20-12-4-1-5-13-20/h2-3,7-8H,1,4-6,9-14H2,(H,19,21). The quantitative estimate of drug-likeness (QED) is 0.784. The fourth-order valence-corrected chi connectivity index (χ4v) is 2.98. The van der Waals surface area contributed by atoms with E-state index in [1.807, 2.05) is 24.3 Å². The molecule has 1 amide bonds. The number of likely N-dealkylation sites (tertiary alicyclic amines) is 1. The van der Waals surface area contributed by atoms with Gasteiger partial charge in [0.2, 0.25) is 5.91 Å². The maximum Gasteiger partial charge on any atom is 0.220 e. The smallest absolute Gasteiger partial charge is 0.220 e. The number of amides is 1. The molecule has 1 aromatic carbocycles. The van der Waals surface area contributed by atoms with E-state index in [-0.39, 0.29) is 5.91 Å². The van der Waals surface area contributed by atoms with Crippen LogP contribution in [0.25, 0.3) is 0 Å². The van der Waals surface area contributed by atoms with Crippen molar-refractivity contribution in [1.82, 2.24) is 10.2 Å². The van der Waals surface area contributed by atoms with Crippen molar-refractivity contribution in [1.29, 1.82) is 0 Å². The van der Waals surface area contributed by atoms with Crippen molar-refractivity contribution in [2.45, 2.75) is 38.5 Å². The molecular formula is C17H25ClN2O. The van der Waals surface area contributed by atoms with Gasteiger partial charge >= 0.3 is 0 Å². The lowest BCUT2D eigenvalue weighted by Gasteiger charge is -2.26. The Hall–Kier alpha value is -1.06. The van der Waals surface area contributed by atoms with E-state index in [1.165, 1.54) is 32.4 Å². The number of halogens is 1. The molecule has 1 aliphatic rings. The van der Waals surface area contributed by atoms with Crippen LogP contribution < -0.4 is 5.32 Å². The van der Waals surface area contributed by atoms with Gasteiger partial charge in [-0.2, -0.15) is 0 Å². The fourth-order valence-electron chi connectivity index (χ4n) is 2.75. The highest BCUT2D eigenvalue weighted by Gasteiger charge is 2.09. The molecule has 0 aliphatic carbocycles. The number of rotatable bonds is 7. The normalized spacial score (nSPS) is 15.9. The molecule has 1 aliphatic heterocycles. The first kappa shape index (κ1) is 16.3. The van der Waals surface area contributed by atoms with Crippen LogP contribution in [0.3, 0.4) is 0 Å². The number of hydrogen-bond donors (Lipinski definition) is 1. The Morgan fingerprint density at radius 3 is 2.71 bits per heavy atom. The van der Waals surface area contributed by atoms with Crippen LogP contribution in [-0.2, 0) is 11.2 Å². The molecule has 0 aromatic heterocycles. The van der Waals surface area contributed by atoms with Crippen molar-refractivity contribution >= 4 is 17.5 Å². The Morgan fingerprint density at radius 1 is 1.19 bits per heavy atom. The molecule has 1 fully saturated rings. The van der Waals surface area contributed by atoms with Crippen LogP contribution in [0, 0.1) is 0 Å². The Labute approximate surface area is 132 Å². The summed E-state index contributed by atoms with van der Waals surface area (Å²) in [5, 5.41) is 3.75. The molecule has 21 heavy (non-hydrogen) atoms. The van der Waals surface area contributed by atoms with E-state index in [0.717, 1.165) is 30.1 Å². The van der Waals surface area contributed by atoms with Crippen LogP contribution in [0.2, 0.25) is 5.02 Å². The van der Waals surface area contributed by atoms with Crippen molar-refractivity contribution in [2.24, 2.45) is 0 Å². The van der Waals surface area contributed by atoms with Crippen LogP contribution in [0.4, 0.5) is 0 Å². The Kier molecular flexibility index (Phi) is 7.04. The highest BCUT2D eigenvalue weighted by molar-refractivity contribution is 6.31. The highest BCUT2D eigenvalue weighted by Crippen LogP contribution is 2.16. The van der Waals surface area contributed by atoms with E-state index in [2.05, 4.69) is 10.2 Å². The van der Waals surface area contributed by atoms with Crippen molar-refractivity contribution < 1.29 is 4.79 Å². The topological polar surface area (TPSA) is 32.3 Å². The first-order valence-electron chi connectivity index (χ1n) is 7.98. The van der Waals surface area contributed by atoms with Gasteiger partial charge in [-0.1, -0.05) is 36.2 Å². The second-order valence-electron chi connectivity index (χ2n) is 5.70. The maximum atomic E-state index is 11.8. The Morgan fingerprint density at radius 2 is 1.95 bits per heavy atom. The molecule has 0 radical (unpaired) electrons. The largest absolute Gasteiger partial charge is 0.356 e. The summed E-state index contributed by atoms with van der Waals surface area (Å²) in [4.78, 5) is 14.3. The summed E-state index contributed by atoms with van der Waals surface area (Å²) < 4.78 is 0. The maximum absolute atomic E-state index is 11.8. The molecule has 1 N–H and O–H groups in total. The molecule has 0 spiro atoms. The molecule has 0 saturated carbocycles. The second-order valence-corrected chi connectivity index (χ2v) is 6.10. The summed E-state index contributed by atoms with van der Waals surface area (Å²) in [6.45, 7) is 4.32. The third-order valence-corrected chi connectivity index (χ3v) is 4.37. The van der Waals surface area contributed by atoms with Gasteiger partial charge in [0.1, 0.15) is 0 Å². The van der Waals surface area contributed by atoms with Gasteiger partial charge in [-0.25, -0.2) is 0 Å². The molecule has 0 atom stereocenters.